The first-order valence-corrected chi connectivity index (χ1v) is 18.6. The Kier molecular flexibility index (Phi) is 7.96. The van der Waals surface area contributed by atoms with Crippen molar-refractivity contribution in [2.24, 2.45) is 10.9 Å². The van der Waals surface area contributed by atoms with Gasteiger partial charge in [-0.25, -0.2) is 9.98 Å². The molecule has 4 unspecified atom stereocenters. The molecule has 10 rings (SSSR count). The Bertz CT molecular complexity index is 2730. The van der Waals surface area contributed by atoms with Crippen LogP contribution in [0.4, 0.5) is 0 Å². The zero-order valence-corrected chi connectivity index (χ0v) is 29.8. The lowest BCUT2D eigenvalue weighted by molar-refractivity contribution is 0.436. The summed E-state index contributed by atoms with van der Waals surface area (Å²) in [5.74, 6) is 2.33. The molecule has 0 bridgehead atoms. The van der Waals surface area contributed by atoms with E-state index < -0.39 is 0 Å². The molecular weight excluding hydrogens is 661 g/mol. The van der Waals surface area contributed by atoms with Crippen molar-refractivity contribution in [3.63, 3.8) is 0 Å². The monoisotopic (exact) mass is 698 g/mol. The Balaban J connectivity index is 0.998. The summed E-state index contributed by atoms with van der Waals surface area (Å²) in [5.41, 5.74) is 8.90. The zero-order valence-electron chi connectivity index (χ0n) is 29.8. The smallest absolute Gasteiger partial charge is 0.145 e. The van der Waals surface area contributed by atoms with Gasteiger partial charge in [-0.15, -0.1) is 0 Å². The SMILES string of the molecule is CC1C=C(C2NC(c3ccccc3)=NC(c3ccccc3)N2)C=CC1c1ccc(-n2c(-c3ccccc3)nc3c4ccccc4c4ccncc4c32)cc1. The molecule has 54 heavy (non-hydrogen) atoms. The molecular formula is C48H38N6. The molecule has 6 aromatic carbocycles. The summed E-state index contributed by atoms with van der Waals surface area (Å²) < 4.78 is 2.32. The molecule has 1 aliphatic heterocycles. The normalized spacial score (nSPS) is 19.8. The summed E-state index contributed by atoms with van der Waals surface area (Å²) in [6.45, 7) is 2.31. The third kappa shape index (κ3) is 5.59. The van der Waals surface area contributed by atoms with Gasteiger partial charge in [0.05, 0.1) is 11.0 Å². The molecule has 0 saturated heterocycles. The van der Waals surface area contributed by atoms with E-state index in [1.807, 2.05) is 24.5 Å². The van der Waals surface area contributed by atoms with Gasteiger partial charge in [0.1, 0.15) is 24.0 Å². The average Bonchev–Trinajstić information content (AvgIpc) is 3.66. The number of benzene rings is 6. The molecule has 0 fully saturated rings. The molecule has 0 spiro atoms. The maximum absolute atomic E-state index is 5.36. The Morgan fingerprint density at radius 3 is 2.04 bits per heavy atom. The van der Waals surface area contributed by atoms with E-state index in [0.29, 0.717) is 0 Å². The second-order valence-corrected chi connectivity index (χ2v) is 14.2. The summed E-state index contributed by atoms with van der Waals surface area (Å²) in [6.07, 6.45) is 10.7. The first-order valence-electron chi connectivity index (χ1n) is 18.6. The molecule has 2 aliphatic rings. The van der Waals surface area contributed by atoms with Crippen LogP contribution < -0.4 is 10.6 Å². The Morgan fingerprint density at radius 1 is 0.630 bits per heavy atom. The summed E-state index contributed by atoms with van der Waals surface area (Å²) in [7, 11) is 0. The van der Waals surface area contributed by atoms with Crippen LogP contribution in [-0.2, 0) is 0 Å². The fourth-order valence-corrected chi connectivity index (χ4v) is 8.22. The highest BCUT2D eigenvalue weighted by molar-refractivity contribution is 6.24. The van der Waals surface area contributed by atoms with Crippen LogP contribution >= 0.6 is 0 Å². The third-order valence-electron chi connectivity index (χ3n) is 10.9. The Hall–Kier alpha value is -6.63. The molecule has 1 aliphatic carbocycles. The van der Waals surface area contributed by atoms with Gasteiger partial charge in [-0.05, 0) is 51.6 Å². The van der Waals surface area contributed by atoms with Crippen molar-refractivity contribution in [2.45, 2.75) is 25.2 Å². The van der Waals surface area contributed by atoms with Gasteiger partial charge < -0.3 is 5.32 Å². The summed E-state index contributed by atoms with van der Waals surface area (Å²) in [6, 6.07) is 51.1. The number of nitrogens with zero attached hydrogens (tertiary/aromatic N) is 4. The van der Waals surface area contributed by atoms with Gasteiger partial charge in [0.25, 0.3) is 0 Å². The largest absolute Gasteiger partial charge is 0.350 e. The van der Waals surface area contributed by atoms with E-state index in [9.17, 15) is 0 Å². The highest BCUT2D eigenvalue weighted by Gasteiger charge is 2.29. The number of nitrogens with one attached hydrogen (secondary N) is 2. The van der Waals surface area contributed by atoms with E-state index in [2.05, 4.69) is 179 Å². The van der Waals surface area contributed by atoms with E-state index >= 15 is 0 Å². The quantitative estimate of drug-likeness (QED) is 0.170. The van der Waals surface area contributed by atoms with Gasteiger partial charge in [-0.3, -0.25) is 14.9 Å². The maximum atomic E-state index is 5.36. The first kappa shape index (κ1) is 32.1. The summed E-state index contributed by atoms with van der Waals surface area (Å²) in [5, 5.41) is 12.1. The number of amidine groups is 1. The Morgan fingerprint density at radius 2 is 1.30 bits per heavy atom. The maximum Gasteiger partial charge on any atom is 0.145 e. The molecule has 8 aromatic rings. The molecule has 0 saturated carbocycles. The van der Waals surface area contributed by atoms with E-state index in [-0.39, 0.29) is 24.2 Å². The lowest BCUT2D eigenvalue weighted by Gasteiger charge is -2.34. The minimum absolute atomic E-state index is 0.0868. The van der Waals surface area contributed by atoms with Gasteiger partial charge in [0.2, 0.25) is 0 Å². The van der Waals surface area contributed by atoms with E-state index in [1.165, 1.54) is 21.9 Å². The molecule has 6 heteroatoms. The molecule has 0 radical (unpaired) electrons. The molecule has 4 atom stereocenters. The van der Waals surface area contributed by atoms with Gasteiger partial charge in [0, 0.05) is 45.9 Å². The van der Waals surface area contributed by atoms with Crippen LogP contribution in [0, 0.1) is 5.92 Å². The minimum Gasteiger partial charge on any atom is -0.350 e. The van der Waals surface area contributed by atoms with Crippen molar-refractivity contribution in [3.8, 4) is 17.1 Å². The Labute approximate surface area is 314 Å². The van der Waals surface area contributed by atoms with Crippen molar-refractivity contribution in [3.05, 3.63) is 198 Å². The van der Waals surface area contributed by atoms with Crippen molar-refractivity contribution in [2.75, 3.05) is 0 Å². The topological polar surface area (TPSA) is 67.1 Å². The van der Waals surface area contributed by atoms with Crippen LogP contribution in [0.2, 0.25) is 0 Å². The van der Waals surface area contributed by atoms with E-state index in [4.69, 9.17) is 9.98 Å². The fourth-order valence-electron chi connectivity index (χ4n) is 8.22. The second-order valence-electron chi connectivity index (χ2n) is 14.2. The number of imidazole rings is 1. The highest BCUT2D eigenvalue weighted by atomic mass is 15.3. The number of hydrogen-bond donors (Lipinski definition) is 2. The van der Waals surface area contributed by atoms with Crippen molar-refractivity contribution >= 4 is 38.4 Å². The summed E-state index contributed by atoms with van der Waals surface area (Å²) >= 11 is 0. The molecule has 3 heterocycles. The van der Waals surface area contributed by atoms with E-state index in [1.54, 1.807) is 0 Å². The van der Waals surface area contributed by atoms with Gasteiger partial charge >= 0.3 is 0 Å². The lowest BCUT2D eigenvalue weighted by Crippen LogP contribution is -2.52. The number of aromatic nitrogens is 3. The van der Waals surface area contributed by atoms with Gasteiger partial charge in [-0.2, -0.15) is 0 Å². The number of allylic oxidation sites excluding steroid dienone is 2. The number of fused-ring (bicyclic) bond motifs is 6. The summed E-state index contributed by atoms with van der Waals surface area (Å²) in [4.78, 5) is 15.0. The van der Waals surface area contributed by atoms with Crippen LogP contribution in [0.25, 0.3) is 49.7 Å². The van der Waals surface area contributed by atoms with Gasteiger partial charge in [0.15, 0.2) is 0 Å². The van der Waals surface area contributed by atoms with Crippen LogP contribution in [-0.4, -0.2) is 26.5 Å². The first-order chi connectivity index (χ1) is 26.7. The van der Waals surface area contributed by atoms with Crippen LogP contribution in [0.3, 0.4) is 0 Å². The molecule has 2 aromatic heterocycles. The zero-order chi connectivity index (χ0) is 36.0. The van der Waals surface area contributed by atoms with Crippen molar-refractivity contribution in [1.29, 1.82) is 0 Å². The van der Waals surface area contributed by atoms with Crippen molar-refractivity contribution in [1.82, 2.24) is 25.2 Å². The predicted octanol–water partition coefficient (Wildman–Crippen LogP) is 10.3. The number of hydrogen-bond acceptors (Lipinski definition) is 5. The molecule has 260 valence electrons. The van der Waals surface area contributed by atoms with E-state index in [0.717, 1.165) is 55.8 Å². The fraction of sp³-hybridized carbons (Fsp3) is 0.104. The second kappa shape index (κ2) is 13.4. The number of rotatable bonds is 6. The highest BCUT2D eigenvalue weighted by Crippen LogP contribution is 2.40. The third-order valence-corrected chi connectivity index (χ3v) is 10.9. The molecule has 0 amide bonds. The number of aliphatic imine (C=N–C) groups is 1. The van der Waals surface area contributed by atoms with Crippen LogP contribution in [0.1, 0.15) is 35.7 Å². The lowest BCUT2D eigenvalue weighted by atomic mass is 9.81. The van der Waals surface area contributed by atoms with Crippen LogP contribution in [0.15, 0.2) is 187 Å². The minimum atomic E-state index is -0.159. The molecule has 2 N–H and O–H groups in total. The van der Waals surface area contributed by atoms with Crippen molar-refractivity contribution < 1.29 is 0 Å². The van der Waals surface area contributed by atoms with Gasteiger partial charge in [-0.1, -0.05) is 153 Å². The molecule has 6 nitrogen and oxygen atoms in total. The predicted molar refractivity (Wildman–Crippen MR) is 221 cm³/mol. The van der Waals surface area contributed by atoms with Crippen LogP contribution in [0.5, 0.6) is 0 Å². The average molecular weight is 699 g/mol. The number of pyridine rings is 1. The standard InChI is InChI=1S/C48H38N6/c1-31-29-36(47-52-45(33-13-5-2-6-14-33)51-46(53-47)34-15-7-3-8-16-34)23-26-38(31)32-21-24-37(25-22-32)54-44-42-30-49-28-27-40(42)39-19-11-12-20-41(39)43(44)50-48(54)35-17-9-4-10-18-35/h2-31,38,45,47,52H,1H3,(H,51,53).